The van der Waals surface area contributed by atoms with Gasteiger partial charge in [-0.1, -0.05) is 11.6 Å². The smallest absolute Gasteiger partial charge is 0.305 e. The number of benzene rings is 1. The van der Waals surface area contributed by atoms with Crippen molar-refractivity contribution in [2.75, 3.05) is 0 Å². The number of thiophene rings is 1. The van der Waals surface area contributed by atoms with Crippen LogP contribution < -0.4 is 5.32 Å². The molecule has 0 radical (unpaired) electrons. The van der Waals surface area contributed by atoms with Gasteiger partial charge in [-0.05, 0) is 30.3 Å². The summed E-state index contributed by atoms with van der Waals surface area (Å²) in [5.74, 6) is -2.22. The molecule has 0 aliphatic carbocycles. The number of rotatable bonds is 6. The van der Waals surface area contributed by atoms with Gasteiger partial charge in [-0.2, -0.15) is 0 Å². The molecule has 0 aliphatic heterocycles. The zero-order valence-electron chi connectivity index (χ0n) is 12.7. The maximum absolute atomic E-state index is 12.5. The number of ketones is 1. The molecule has 3 rings (SSSR count). The van der Waals surface area contributed by atoms with Crippen LogP contribution >= 0.6 is 22.9 Å². The normalized spacial score (nSPS) is 12.0. The van der Waals surface area contributed by atoms with Gasteiger partial charge in [0.2, 0.25) is 0 Å². The van der Waals surface area contributed by atoms with E-state index >= 15 is 0 Å². The molecule has 6 nitrogen and oxygen atoms in total. The van der Waals surface area contributed by atoms with Crippen LogP contribution in [0.1, 0.15) is 27.1 Å². The van der Waals surface area contributed by atoms with Crippen LogP contribution in [-0.4, -0.2) is 28.8 Å². The van der Waals surface area contributed by atoms with Gasteiger partial charge >= 0.3 is 5.97 Å². The molecule has 0 aliphatic rings. The average molecular weight is 378 g/mol. The molecule has 1 atom stereocenters. The first kappa shape index (κ1) is 17.2. The summed E-state index contributed by atoms with van der Waals surface area (Å²) >= 11 is 6.98. The fourth-order valence-corrected chi connectivity index (χ4v) is 3.24. The first-order chi connectivity index (χ1) is 11.9. The van der Waals surface area contributed by atoms with Gasteiger partial charge in [-0.15, -0.1) is 11.3 Å². The van der Waals surface area contributed by atoms with Crippen molar-refractivity contribution in [3.8, 4) is 0 Å². The summed E-state index contributed by atoms with van der Waals surface area (Å²) in [6.45, 7) is 0. The fourth-order valence-electron chi connectivity index (χ4n) is 2.37. The van der Waals surface area contributed by atoms with Crippen molar-refractivity contribution in [1.29, 1.82) is 0 Å². The minimum atomic E-state index is -1.19. The predicted molar refractivity (Wildman–Crippen MR) is 93.4 cm³/mol. The summed E-state index contributed by atoms with van der Waals surface area (Å²) in [5.41, 5.74) is 1.20. The second-order valence-corrected chi connectivity index (χ2v) is 6.84. The highest BCUT2D eigenvalue weighted by molar-refractivity contribution is 7.14. The number of fused-ring (bicyclic) bond motifs is 1. The number of hydrogen-bond donors (Lipinski definition) is 2. The molecule has 0 bridgehead atoms. The molecule has 1 unspecified atom stereocenters. The minimum Gasteiger partial charge on any atom is -0.481 e. The standard InChI is InChI=1S/C17H12ClNO5S/c18-14-6-11(8-25-14)16(22)12(7-15(20)21)19-17(23)10-1-2-13-9(5-10)3-4-24-13/h1-6,8,12H,7H2,(H,19,23)(H,20,21). The lowest BCUT2D eigenvalue weighted by atomic mass is 10.0. The van der Waals surface area contributed by atoms with Crippen molar-refractivity contribution < 1.29 is 23.9 Å². The lowest BCUT2D eigenvalue weighted by Crippen LogP contribution is -2.42. The maximum Gasteiger partial charge on any atom is 0.305 e. The number of carboxylic acid groups (broad SMARTS) is 1. The Bertz CT molecular complexity index is 961. The van der Waals surface area contributed by atoms with Gasteiger partial charge in [-0.25, -0.2) is 0 Å². The quantitative estimate of drug-likeness (QED) is 0.640. The highest BCUT2D eigenvalue weighted by Gasteiger charge is 2.26. The monoisotopic (exact) mass is 377 g/mol. The summed E-state index contributed by atoms with van der Waals surface area (Å²) in [5, 5.41) is 13.8. The van der Waals surface area contributed by atoms with Gasteiger partial charge in [0.1, 0.15) is 11.6 Å². The van der Waals surface area contributed by atoms with Crippen molar-refractivity contribution >= 4 is 51.6 Å². The number of carbonyl (C=O) groups excluding carboxylic acids is 2. The number of Topliss-reactive ketones (excluding diaryl/α,β-unsaturated/α-hetero) is 1. The predicted octanol–water partition coefficient (Wildman–Crippen LogP) is 3.60. The lowest BCUT2D eigenvalue weighted by Gasteiger charge is -2.15. The van der Waals surface area contributed by atoms with E-state index in [1.165, 1.54) is 17.7 Å². The van der Waals surface area contributed by atoms with Gasteiger partial charge in [0.15, 0.2) is 5.78 Å². The number of aliphatic carboxylic acids is 1. The number of furan rings is 1. The SMILES string of the molecule is O=C(O)CC(NC(=O)c1ccc2occc2c1)C(=O)c1csc(Cl)c1. The second-order valence-electron chi connectivity index (χ2n) is 5.30. The third kappa shape index (κ3) is 3.89. The zero-order valence-corrected chi connectivity index (χ0v) is 14.3. The fraction of sp³-hybridized carbons (Fsp3) is 0.118. The number of halogens is 1. The molecule has 0 saturated heterocycles. The van der Waals surface area contributed by atoms with E-state index < -0.39 is 30.1 Å². The number of amides is 1. The van der Waals surface area contributed by atoms with Crippen LogP contribution in [0.15, 0.2) is 46.4 Å². The summed E-state index contributed by atoms with van der Waals surface area (Å²) in [6, 6.07) is 6.77. The van der Waals surface area contributed by atoms with Gasteiger partial charge < -0.3 is 14.8 Å². The van der Waals surface area contributed by atoms with E-state index in [9.17, 15) is 14.4 Å². The molecular weight excluding hydrogens is 366 g/mol. The van der Waals surface area contributed by atoms with Gasteiger partial charge in [0, 0.05) is 21.9 Å². The van der Waals surface area contributed by atoms with E-state index in [1.54, 1.807) is 24.3 Å². The number of hydrogen-bond acceptors (Lipinski definition) is 5. The second kappa shape index (κ2) is 7.08. The Hall–Kier alpha value is -2.64. The molecule has 2 aromatic heterocycles. The summed E-state index contributed by atoms with van der Waals surface area (Å²) < 4.78 is 5.62. The highest BCUT2D eigenvalue weighted by Crippen LogP contribution is 2.22. The molecule has 0 spiro atoms. The summed E-state index contributed by atoms with van der Waals surface area (Å²) in [7, 11) is 0. The molecule has 2 heterocycles. The van der Waals surface area contributed by atoms with E-state index in [4.69, 9.17) is 21.1 Å². The third-order valence-electron chi connectivity index (χ3n) is 3.57. The van der Waals surface area contributed by atoms with Gasteiger partial charge in [0.25, 0.3) is 5.91 Å². The Labute approximate surface area is 151 Å². The molecule has 25 heavy (non-hydrogen) atoms. The molecule has 0 fully saturated rings. The zero-order chi connectivity index (χ0) is 18.0. The Morgan fingerprint density at radius 1 is 1.20 bits per heavy atom. The van der Waals surface area contributed by atoms with E-state index in [1.807, 2.05) is 0 Å². The van der Waals surface area contributed by atoms with Gasteiger partial charge in [0.05, 0.1) is 17.0 Å². The van der Waals surface area contributed by atoms with Crippen LogP contribution in [0.2, 0.25) is 4.34 Å². The van der Waals surface area contributed by atoms with Crippen LogP contribution in [0.5, 0.6) is 0 Å². The van der Waals surface area contributed by atoms with E-state index in [0.29, 0.717) is 15.5 Å². The van der Waals surface area contributed by atoms with E-state index in [2.05, 4.69) is 5.32 Å². The molecule has 128 valence electrons. The van der Waals surface area contributed by atoms with Gasteiger partial charge in [-0.3, -0.25) is 14.4 Å². The minimum absolute atomic E-state index is 0.270. The van der Waals surface area contributed by atoms with E-state index in [0.717, 1.165) is 16.7 Å². The Balaban J connectivity index is 1.82. The van der Waals surface area contributed by atoms with Crippen molar-refractivity contribution in [3.63, 3.8) is 0 Å². The third-order valence-corrected chi connectivity index (χ3v) is 4.66. The van der Waals surface area contributed by atoms with Crippen molar-refractivity contribution in [3.05, 3.63) is 57.4 Å². The Kier molecular flexibility index (Phi) is 4.87. The molecule has 1 aromatic carbocycles. The van der Waals surface area contributed by atoms with Crippen LogP contribution in [0, 0.1) is 0 Å². The lowest BCUT2D eigenvalue weighted by molar-refractivity contribution is -0.137. The van der Waals surface area contributed by atoms with Crippen molar-refractivity contribution in [1.82, 2.24) is 5.32 Å². The number of carbonyl (C=O) groups is 3. The summed E-state index contributed by atoms with van der Waals surface area (Å²) in [6.07, 6.45) is 0.982. The average Bonchev–Trinajstić information content (AvgIpc) is 3.20. The molecule has 2 N–H and O–H groups in total. The first-order valence-corrected chi connectivity index (χ1v) is 8.48. The highest BCUT2D eigenvalue weighted by atomic mass is 35.5. The van der Waals surface area contributed by atoms with Crippen LogP contribution in [0.25, 0.3) is 11.0 Å². The van der Waals surface area contributed by atoms with Crippen molar-refractivity contribution in [2.45, 2.75) is 12.5 Å². The molecule has 1 amide bonds. The molecule has 8 heteroatoms. The topological polar surface area (TPSA) is 96.6 Å². The number of carboxylic acids is 1. The van der Waals surface area contributed by atoms with Crippen LogP contribution in [0.4, 0.5) is 0 Å². The maximum atomic E-state index is 12.5. The largest absolute Gasteiger partial charge is 0.481 e. The Morgan fingerprint density at radius 3 is 2.68 bits per heavy atom. The molecular formula is C17H12ClNO5S. The first-order valence-electron chi connectivity index (χ1n) is 7.22. The molecule has 0 saturated carbocycles. The Morgan fingerprint density at radius 2 is 2.00 bits per heavy atom. The van der Waals surface area contributed by atoms with E-state index in [-0.39, 0.29) is 5.56 Å². The number of nitrogens with one attached hydrogen (secondary N) is 1. The summed E-state index contributed by atoms with van der Waals surface area (Å²) in [4.78, 5) is 36.0. The van der Waals surface area contributed by atoms with Crippen molar-refractivity contribution in [2.24, 2.45) is 0 Å². The van der Waals surface area contributed by atoms with Crippen LogP contribution in [0.3, 0.4) is 0 Å². The van der Waals surface area contributed by atoms with Crippen LogP contribution in [-0.2, 0) is 4.79 Å². The molecule has 3 aromatic rings.